The monoisotopic (exact) mass is 420 g/mol. The number of hydrogen-bond acceptors (Lipinski definition) is 7. The largest absolute Gasteiger partial charge is 0.480 e. The highest BCUT2D eigenvalue weighted by Crippen LogP contribution is 2.25. The van der Waals surface area contributed by atoms with Crippen molar-refractivity contribution in [1.29, 1.82) is 5.41 Å². The third-order valence-corrected chi connectivity index (χ3v) is 5.10. The number of rotatable bonds is 6. The Hall–Kier alpha value is -3.28. The van der Waals surface area contributed by atoms with E-state index in [0.29, 0.717) is 10.7 Å². The summed E-state index contributed by atoms with van der Waals surface area (Å²) in [4.78, 5) is 44.7. The number of halogens is 1. The van der Waals surface area contributed by atoms with Crippen molar-refractivity contribution in [3.63, 3.8) is 0 Å². The van der Waals surface area contributed by atoms with Crippen LogP contribution in [0.25, 0.3) is 0 Å². The van der Waals surface area contributed by atoms with Crippen LogP contribution in [0, 0.1) is 11.2 Å². The number of aliphatic imine (C=N–C) groups is 2. The summed E-state index contributed by atoms with van der Waals surface area (Å²) in [5.41, 5.74) is 0.706. The average Bonchev–Trinajstić information content (AvgIpc) is 2.98. The number of carbonyl (C=O) groups is 3. The van der Waals surface area contributed by atoms with Crippen molar-refractivity contribution < 1.29 is 23.9 Å². The predicted molar refractivity (Wildman–Crippen MR) is 104 cm³/mol. The van der Waals surface area contributed by atoms with Crippen molar-refractivity contribution in [3.05, 3.63) is 35.6 Å². The molecule has 2 aliphatic heterocycles. The number of amidine groups is 2. The van der Waals surface area contributed by atoms with Crippen LogP contribution in [0.4, 0.5) is 4.39 Å². The van der Waals surface area contributed by atoms with Crippen LogP contribution in [-0.2, 0) is 20.9 Å². The number of carboxylic acids is 1. The molecule has 4 N–H and O–H groups in total. The maximum atomic E-state index is 13.2. The van der Waals surface area contributed by atoms with E-state index < -0.39 is 35.7 Å². The molecule has 0 bridgehead atoms. The van der Waals surface area contributed by atoms with Gasteiger partial charge in [-0.1, -0.05) is 23.9 Å². The SMILES string of the molecule is CC(=O)N[C@@H](CSC1=NC2C(=O)NC(=N)N=C2N1Cc1ccc(F)cc1)C(=O)O. The number of aliphatic carboxylic acids is 1. The summed E-state index contributed by atoms with van der Waals surface area (Å²) in [5.74, 6) is -2.73. The Balaban J connectivity index is 1.84. The maximum Gasteiger partial charge on any atom is 0.327 e. The molecule has 0 spiro atoms. The number of carbonyl (C=O) groups excluding carboxylic acids is 2. The van der Waals surface area contributed by atoms with Crippen LogP contribution in [0.15, 0.2) is 34.3 Å². The third kappa shape index (κ3) is 4.77. The number of guanidine groups is 1. The molecule has 2 heterocycles. The molecule has 1 aromatic rings. The van der Waals surface area contributed by atoms with Crippen molar-refractivity contribution in [2.45, 2.75) is 25.6 Å². The van der Waals surface area contributed by atoms with Gasteiger partial charge in [0.2, 0.25) is 11.9 Å². The molecule has 12 heteroatoms. The summed E-state index contributed by atoms with van der Waals surface area (Å²) in [6.45, 7) is 1.41. The summed E-state index contributed by atoms with van der Waals surface area (Å²) in [7, 11) is 0. The van der Waals surface area contributed by atoms with Gasteiger partial charge in [-0.25, -0.2) is 14.2 Å². The van der Waals surface area contributed by atoms with Gasteiger partial charge < -0.3 is 15.3 Å². The van der Waals surface area contributed by atoms with Crippen LogP contribution in [0.5, 0.6) is 0 Å². The zero-order valence-corrected chi connectivity index (χ0v) is 16.0. The molecule has 29 heavy (non-hydrogen) atoms. The van der Waals surface area contributed by atoms with E-state index in [2.05, 4.69) is 20.6 Å². The van der Waals surface area contributed by atoms with E-state index in [-0.39, 0.29) is 24.1 Å². The fraction of sp³-hybridized carbons (Fsp3) is 0.294. The van der Waals surface area contributed by atoms with Crippen LogP contribution in [0.3, 0.4) is 0 Å². The second-order valence-electron chi connectivity index (χ2n) is 6.24. The second kappa shape index (κ2) is 8.39. The van der Waals surface area contributed by atoms with Crippen LogP contribution < -0.4 is 10.6 Å². The third-order valence-electron chi connectivity index (χ3n) is 4.02. The Labute approximate surface area is 168 Å². The van der Waals surface area contributed by atoms with Gasteiger partial charge in [-0.2, -0.15) is 4.99 Å². The maximum absolute atomic E-state index is 13.2. The van der Waals surface area contributed by atoms with Gasteiger partial charge in [0.05, 0.1) is 6.54 Å². The average molecular weight is 420 g/mol. The summed E-state index contributed by atoms with van der Waals surface area (Å²) >= 11 is 1.04. The number of thioether (sulfide) groups is 1. The van der Waals surface area contributed by atoms with Gasteiger partial charge in [0.25, 0.3) is 5.91 Å². The lowest BCUT2D eigenvalue weighted by atomic mass is 10.2. The number of benzene rings is 1. The number of nitrogens with zero attached hydrogens (tertiary/aromatic N) is 3. The normalized spacial score (nSPS) is 19.1. The summed E-state index contributed by atoms with van der Waals surface area (Å²) in [5, 5.41) is 21.9. The van der Waals surface area contributed by atoms with Gasteiger partial charge in [-0.3, -0.25) is 20.3 Å². The molecule has 0 fully saturated rings. The number of nitrogens with one attached hydrogen (secondary N) is 3. The molecule has 0 saturated heterocycles. The minimum absolute atomic E-state index is 0.0350. The minimum atomic E-state index is -1.20. The quantitative estimate of drug-likeness (QED) is 0.515. The molecule has 152 valence electrons. The molecule has 1 aromatic carbocycles. The van der Waals surface area contributed by atoms with Crippen LogP contribution >= 0.6 is 11.8 Å². The Morgan fingerprint density at radius 2 is 2.10 bits per heavy atom. The van der Waals surface area contributed by atoms with Gasteiger partial charge in [-0.15, -0.1) is 0 Å². The molecule has 2 atom stereocenters. The summed E-state index contributed by atoms with van der Waals surface area (Å²) in [6.07, 6.45) is 0. The first-order valence-corrected chi connectivity index (χ1v) is 9.43. The van der Waals surface area contributed by atoms with Crippen molar-refractivity contribution in [1.82, 2.24) is 15.5 Å². The van der Waals surface area contributed by atoms with E-state index >= 15 is 0 Å². The summed E-state index contributed by atoms with van der Waals surface area (Å²) < 4.78 is 13.2. The molecule has 2 amide bonds. The molecule has 1 unspecified atom stereocenters. The van der Waals surface area contributed by atoms with Crippen molar-refractivity contribution in [2.24, 2.45) is 9.98 Å². The fourth-order valence-corrected chi connectivity index (χ4v) is 3.76. The highest BCUT2D eigenvalue weighted by atomic mass is 32.2. The van der Waals surface area contributed by atoms with Gasteiger partial charge in [-0.05, 0) is 17.7 Å². The van der Waals surface area contributed by atoms with Gasteiger partial charge in [0.1, 0.15) is 17.7 Å². The molecule has 0 aromatic heterocycles. The van der Waals surface area contributed by atoms with Crippen LogP contribution in [0.1, 0.15) is 12.5 Å². The number of hydrogen-bond donors (Lipinski definition) is 4. The van der Waals surface area contributed by atoms with E-state index in [1.54, 1.807) is 17.0 Å². The molecule has 3 rings (SSSR count). The highest BCUT2D eigenvalue weighted by Gasteiger charge is 2.41. The first-order valence-electron chi connectivity index (χ1n) is 8.45. The molecular weight excluding hydrogens is 403 g/mol. The van der Waals surface area contributed by atoms with Crippen LogP contribution in [-0.4, -0.2) is 62.6 Å². The zero-order valence-electron chi connectivity index (χ0n) is 15.2. The predicted octanol–water partition coefficient (Wildman–Crippen LogP) is 0.151. The Morgan fingerprint density at radius 1 is 1.41 bits per heavy atom. The Morgan fingerprint density at radius 3 is 2.72 bits per heavy atom. The van der Waals surface area contributed by atoms with E-state index in [4.69, 9.17) is 5.41 Å². The topological polar surface area (TPSA) is 147 Å². The first-order chi connectivity index (χ1) is 13.7. The molecule has 2 aliphatic rings. The van der Waals surface area contributed by atoms with E-state index in [1.165, 1.54) is 19.1 Å². The lowest BCUT2D eigenvalue weighted by Gasteiger charge is -2.24. The number of carboxylic acid groups (broad SMARTS) is 1. The van der Waals surface area contributed by atoms with Gasteiger partial charge in [0.15, 0.2) is 11.2 Å². The first kappa shape index (κ1) is 20.5. The van der Waals surface area contributed by atoms with E-state index in [0.717, 1.165) is 11.8 Å². The molecule has 0 saturated carbocycles. The fourth-order valence-electron chi connectivity index (χ4n) is 2.72. The van der Waals surface area contributed by atoms with Crippen LogP contribution in [0.2, 0.25) is 0 Å². The zero-order chi connectivity index (χ0) is 21.1. The lowest BCUT2D eigenvalue weighted by molar-refractivity contribution is -0.140. The number of fused-ring (bicyclic) bond motifs is 1. The Kier molecular flexibility index (Phi) is 5.92. The molecule has 0 aliphatic carbocycles. The standard InChI is InChI=1S/C17H17FN6O4S/c1-8(25)20-11(15(27)28)7-29-17-21-12-13(22-16(19)23-14(12)26)24(17)6-9-2-4-10(18)5-3-9/h2-5,11-12H,6-7H2,1H3,(H,20,25)(H,27,28)(H2,19,23,26)/t11-,12?/m0/s1. The Bertz CT molecular complexity index is 932. The van der Waals surface area contributed by atoms with Gasteiger partial charge in [0, 0.05) is 12.7 Å². The molecule has 0 radical (unpaired) electrons. The number of amides is 2. The van der Waals surface area contributed by atoms with E-state index in [1.807, 2.05) is 0 Å². The minimum Gasteiger partial charge on any atom is -0.480 e. The molecule has 10 nitrogen and oxygen atoms in total. The van der Waals surface area contributed by atoms with Crippen molar-refractivity contribution in [2.75, 3.05) is 5.75 Å². The van der Waals surface area contributed by atoms with Crippen molar-refractivity contribution >= 4 is 46.5 Å². The highest BCUT2D eigenvalue weighted by molar-refractivity contribution is 8.13. The second-order valence-corrected chi connectivity index (χ2v) is 7.22. The van der Waals surface area contributed by atoms with E-state index in [9.17, 15) is 23.9 Å². The lowest BCUT2D eigenvalue weighted by Crippen LogP contribution is -2.49. The molecular formula is C17H17FN6O4S. The van der Waals surface area contributed by atoms with Crippen molar-refractivity contribution in [3.8, 4) is 0 Å². The van der Waals surface area contributed by atoms with Gasteiger partial charge >= 0.3 is 5.97 Å². The smallest absolute Gasteiger partial charge is 0.327 e. The summed E-state index contributed by atoms with van der Waals surface area (Å²) in [6, 6.07) is 3.61.